The van der Waals surface area contributed by atoms with E-state index >= 15 is 0 Å². The van der Waals surface area contributed by atoms with Crippen molar-refractivity contribution in [3.63, 3.8) is 0 Å². The number of phenolic OH excluding ortho intramolecular Hbond substituents is 1. The maximum absolute atomic E-state index is 10.2. The minimum atomic E-state index is -0.730. The highest BCUT2D eigenvalue weighted by atomic mass is 16.3. The summed E-state index contributed by atoms with van der Waals surface area (Å²) >= 11 is 0. The Bertz CT molecular complexity index is 613. The molecule has 4 unspecified atom stereocenters. The predicted octanol–water partition coefficient (Wildman–Crippen LogP) is 4.21. The molecule has 2 aliphatic carbocycles. The van der Waals surface area contributed by atoms with E-state index in [0.717, 1.165) is 42.0 Å². The summed E-state index contributed by atoms with van der Waals surface area (Å²) in [6, 6.07) is 5.02. The second-order valence-electron chi connectivity index (χ2n) is 7.45. The molecule has 1 aromatic rings. The molecule has 4 rings (SSSR count). The first kappa shape index (κ1) is 15.0. The average Bonchev–Trinajstić information content (AvgIpc) is 3.21. The van der Waals surface area contributed by atoms with Gasteiger partial charge in [0.1, 0.15) is 5.75 Å². The molecule has 3 aliphatic rings. The van der Waals surface area contributed by atoms with E-state index < -0.39 is 6.23 Å². The van der Waals surface area contributed by atoms with Crippen molar-refractivity contribution < 1.29 is 10.2 Å². The van der Waals surface area contributed by atoms with Crippen molar-refractivity contribution in [3.05, 3.63) is 18.2 Å². The summed E-state index contributed by atoms with van der Waals surface area (Å²) in [4.78, 5) is 4.55. The number of unbranched alkanes of at least 4 members (excludes halogenated alkanes) is 2. The van der Waals surface area contributed by atoms with Gasteiger partial charge in [-0.2, -0.15) is 0 Å². The zero-order valence-electron chi connectivity index (χ0n) is 13.5. The number of hydrogen-bond donors (Lipinski definition) is 3. The van der Waals surface area contributed by atoms with Gasteiger partial charge in [-0.05, 0) is 62.0 Å². The fourth-order valence-electron chi connectivity index (χ4n) is 4.45. The van der Waals surface area contributed by atoms with Crippen LogP contribution in [0, 0.1) is 17.8 Å². The summed E-state index contributed by atoms with van der Waals surface area (Å²) in [7, 11) is 0. The second-order valence-corrected chi connectivity index (χ2v) is 7.45. The number of aromatic hydroxyl groups is 1. The van der Waals surface area contributed by atoms with Crippen LogP contribution in [0.15, 0.2) is 23.2 Å². The Labute approximate surface area is 137 Å². The molecule has 3 N–H and O–H groups in total. The zero-order valence-corrected chi connectivity index (χ0v) is 13.5. The summed E-state index contributed by atoms with van der Waals surface area (Å²) in [5, 5.41) is 22.6. The maximum atomic E-state index is 10.2. The molecule has 0 aromatic heterocycles. The van der Waals surface area contributed by atoms with Gasteiger partial charge in [0.15, 0.2) is 6.23 Å². The van der Waals surface area contributed by atoms with Gasteiger partial charge in [0.25, 0.3) is 0 Å². The van der Waals surface area contributed by atoms with Gasteiger partial charge in [-0.25, -0.2) is 0 Å². The Balaban J connectivity index is 1.24. The van der Waals surface area contributed by atoms with Gasteiger partial charge in [-0.1, -0.05) is 19.3 Å². The number of fused-ring (bicyclic) bond motifs is 2. The van der Waals surface area contributed by atoms with Crippen molar-refractivity contribution in [2.75, 3.05) is 5.32 Å². The molecule has 23 heavy (non-hydrogen) atoms. The number of nitrogens with zero attached hydrogens (tertiary/aromatic N) is 1. The van der Waals surface area contributed by atoms with Gasteiger partial charge < -0.3 is 15.5 Å². The standard InChI is InChI=1S/C19H26N2O2/c22-14-8-9-16-18(11-14)21-19(23)17(20-16)5-3-1-2-4-12-6-7-13-10-15(12)13/h8-9,11-13,15,19,21-23H,1-7,10H2. The molecule has 4 heteroatoms. The SMILES string of the molecule is Oc1ccc2c(c1)NC(O)C(CCCCCC1CCC3CC13)=N2. The highest BCUT2D eigenvalue weighted by Crippen LogP contribution is 2.56. The Morgan fingerprint density at radius 3 is 2.87 bits per heavy atom. The number of phenols is 1. The summed E-state index contributed by atoms with van der Waals surface area (Å²) < 4.78 is 0. The van der Waals surface area contributed by atoms with Gasteiger partial charge >= 0.3 is 0 Å². The topological polar surface area (TPSA) is 64.8 Å². The minimum absolute atomic E-state index is 0.187. The largest absolute Gasteiger partial charge is 0.508 e. The number of anilines is 1. The van der Waals surface area contributed by atoms with Gasteiger partial charge in [-0.3, -0.25) is 4.99 Å². The molecule has 1 aromatic carbocycles. The molecule has 4 nitrogen and oxygen atoms in total. The molecule has 0 bridgehead atoms. The van der Waals surface area contributed by atoms with Crippen LogP contribution < -0.4 is 5.32 Å². The number of aliphatic hydroxyl groups is 1. The normalized spacial score (nSPS) is 31.1. The van der Waals surface area contributed by atoms with Crippen molar-refractivity contribution in [1.82, 2.24) is 0 Å². The first-order valence-corrected chi connectivity index (χ1v) is 9.06. The first-order valence-electron chi connectivity index (χ1n) is 9.06. The van der Waals surface area contributed by atoms with Crippen LogP contribution in [0.3, 0.4) is 0 Å². The van der Waals surface area contributed by atoms with Crippen molar-refractivity contribution in [2.24, 2.45) is 22.7 Å². The van der Waals surface area contributed by atoms with E-state index in [0.29, 0.717) is 5.69 Å². The molecule has 1 aliphatic heterocycles. The number of benzene rings is 1. The van der Waals surface area contributed by atoms with E-state index in [9.17, 15) is 10.2 Å². The van der Waals surface area contributed by atoms with Crippen LogP contribution in [-0.2, 0) is 0 Å². The average molecular weight is 314 g/mol. The van der Waals surface area contributed by atoms with E-state index in [2.05, 4.69) is 10.3 Å². The molecule has 4 atom stereocenters. The summed E-state index contributed by atoms with van der Waals surface area (Å²) in [5.74, 6) is 3.37. The Kier molecular flexibility index (Phi) is 4.02. The molecule has 124 valence electrons. The molecule has 0 radical (unpaired) electrons. The van der Waals surface area contributed by atoms with Crippen LogP contribution in [0.5, 0.6) is 5.75 Å². The van der Waals surface area contributed by atoms with Crippen molar-refractivity contribution in [1.29, 1.82) is 0 Å². The van der Waals surface area contributed by atoms with Crippen molar-refractivity contribution in [2.45, 2.75) is 57.6 Å². The van der Waals surface area contributed by atoms with Gasteiger partial charge in [0.2, 0.25) is 0 Å². The third-order valence-corrected chi connectivity index (χ3v) is 5.85. The van der Waals surface area contributed by atoms with Crippen LogP contribution in [0.4, 0.5) is 11.4 Å². The Morgan fingerprint density at radius 1 is 1.17 bits per heavy atom. The van der Waals surface area contributed by atoms with Crippen molar-refractivity contribution in [3.8, 4) is 5.75 Å². The Hall–Kier alpha value is -1.55. The van der Waals surface area contributed by atoms with E-state index in [1.54, 1.807) is 18.2 Å². The zero-order chi connectivity index (χ0) is 15.8. The number of hydrogen-bond acceptors (Lipinski definition) is 4. The number of aliphatic hydroxyl groups excluding tert-OH is 1. The fourth-order valence-corrected chi connectivity index (χ4v) is 4.45. The third-order valence-electron chi connectivity index (χ3n) is 5.85. The lowest BCUT2D eigenvalue weighted by atomic mass is 9.95. The highest BCUT2D eigenvalue weighted by molar-refractivity contribution is 5.97. The molecule has 0 spiro atoms. The molecule has 2 saturated carbocycles. The lowest BCUT2D eigenvalue weighted by molar-refractivity contribution is 0.266. The lowest BCUT2D eigenvalue weighted by Gasteiger charge is -2.23. The molecule has 0 saturated heterocycles. The van der Waals surface area contributed by atoms with Gasteiger partial charge in [0, 0.05) is 6.07 Å². The lowest BCUT2D eigenvalue weighted by Crippen LogP contribution is -2.31. The monoisotopic (exact) mass is 314 g/mol. The molecule has 0 amide bonds. The van der Waals surface area contributed by atoms with Gasteiger partial charge in [-0.15, -0.1) is 0 Å². The van der Waals surface area contributed by atoms with Crippen LogP contribution in [0.25, 0.3) is 0 Å². The van der Waals surface area contributed by atoms with E-state index in [1.165, 1.54) is 38.5 Å². The Morgan fingerprint density at radius 2 is 2.09 bits per heavy atom. The quantitative estimate of drug-likeness (QED) is 0.689. The molecule has 2 fully saturated rings. The van der Waals surface area contributed by atoms with Crippen LogP contribution >= 0.6 is 0 Å². The van der Waals surface area contributed by atoms with E-state index in [1.807, 2.05) is 0 Å². The highest BCUT2D eigenvalue weighted by Gasteiger charge is 2.47. The van der Waals surface area contributed by atoms with E-state index in [4.69, 9.17) is 0 Å². The number of rotatable bonds is 6. The molecular weight excluding hydrogens is 288 g/mol. The third kappa shape index (κ3) is 3.23. The summed E-state index contributed by atoms with van der Waals surface area (Å²) in [5.41, 5.74) is 2.31. The smallest absolute Gasteiger partial charge is 0.164 e. The molecule has 1 heterocycles. The fraction of sp³-hybridized carbons (Fsp3) is 0.632. The summed E-state index contributed by atoms with van der Waals surface area (Å²) in [6.07, 6.45) is 9.60. The maximum Gasteiger partial charge on any atom is 0.164 e. The summed E-state index contributed by atoms with van der Waals surface area (Å²) in [6.45, 7) is 0. The van der Waals surface area contributed by atoms with Crippen LogP contribution in [-0.4, -0.2) is 22.2 Å². The predicted molar refractivity (Wildman–Crippen MR) is 92.2 cm³/mol. The first-order chi connectivity index (χ1) is 11.2. The van der Waals surface area contributed by atoms with Crippen LogP contribution in [0.1, 0.15) is 51.4 Å². The van der Waals surface area contributed by atoms with Gasteiger partial charge in [0.05, 0.1) is 17.1 Å². The van der Waals surface area contributed by atoms with E-state index in [-0.39, 0.29) is 5.75 Å². The molecular formula is C19H26N2O2. The second kappa shape index (κ2) is 6.16. The number of nitrogens with one attached hydrogen (secondary N) is 1. The van der Waals surface area contributed by atoms with Crippen molar-refractivity contribution >= 4 is 17.1 Å². The minimum Gasteiger partial charge on any atom is -0.508 e. The number of aliphatic imine (C=N–C) groups is 1. The van der Waals surface area contributed by atoms with Crippen LogP contribution in [0.2, 0.25) is 0 Å².